The van der Waals surface area contributed by atoms with Crippen LogP contribution in [0.2, 0.25) is 0 Å². The molecule has 1 aliphatic heterocycles. The Labute approximate surface area is 94.9 Å². The summed E-state index contributed by atoms with van der Waals surface area (Å²) in [5.41, 5.74) is 2.46. The number of para-hydroxylation sites is 1. The molecule has 3 rings (SSSR count). The largest absolute Gasteiger partial charge is 0.366 e. The van der Waals surface area contributed by atoms with Crippen molar-refractivity contribution in [1.29, 1.82) is 0 Å². The van der Waals surface area contributed by atoms with Crippen molar-refractivity contribution in [3.63, 3.8) is 0 Å². The Balaban J connectivity index is 1.97. The van der Waals surface area contributed by atoms with Crippen molar-refractivity contribution in [2.75, 3.05) is 0 Å². The molecule has 1 aliphatic rings. The van der Waals surface area contributed by atoms with E-state index in [-0.39, 0.29) is 12.2 Å². The molecule has 2 unspecified atom stereocenters. The molecule has 1 aromatic heterocycles. The average Bonchev–Trinajstić information content (AvgIpc) is 2.94. The minimum absolute atomic E-state index is 0.221. The normalized spacial score (nSPS) is 25.0. The molecule has 2 aromatic rings. The van der Waals surface area contributed by atoms with E-state index in [9.17, 15) is 0 Å². The van der Waals surface area contributed by atoms with E-state index >= 15 is 0 Å². The molecule has 1 saturated heterocycles. The maximum absolute atomic E-state index is 5.93. The van der Waals surface area contributed by atoms with Gasteiger partial charge in [-0.2, -0.15) is 0 Å². The first-order valence-corrected chi connectivity index (χ1v) is 5.72. The van der Waals surface area contributed by atoms with Gasteiger partial charge in [0.05, 0.1) is 12.2 Å². The second-order valence-corrected chi connectivity index (χ2v) is 4.27. The monoisotopic (exact) mass is 213 g/mol. The summed E-state index contributed by atoms with van der Waals surface area (Å²) in [7, 11) is 0. The molecule has 1 N–H and O–H groups in total. The maximum Gasteiger partial charge on any atom is 0.0854 e. The van der Waals surface area contributed by atoms with Crippen LogP contribution in [0.25, 0.3) is 10.9 Å². The number of hydrogen-bond acceptors (Lipinski definition) is 1. The van der Waals surface area contributed by atoms with Gasteiger partial charge in [0.1, 0.15) is 0 Å². The number of rotatable bonds is 2. The number of ether oxygens (including phenoxy) is 1. The van der Waals surface area contributed by atoms with Crippen LogP contribution in [0.5, 0.6) is 0 Å². The minimum Gasteiger partial charge on any atom is -0.366 e. The molecule has 1 fully saturated rings. The number of benzene rings is 1. The zero-order valence-corrected chi connectivity index (χ0v) is 9.15. The lowest BCUT2D eigenvalue weighted by molar-refractivity contribution is 0.0722. The molecule has 0 spiro atoms. The Kier molecular flexibility index (Phi) is 2.29. The minimum atomic E-state index is 0.221. The van der Waals surface area contributed by atoms with Gasteiger partial charge >= 0.3 is 0 Å². The average molecular weight is 213 g/mol. The van der Waals surface area contributed by atoms with Gasteiger partial charge in [0.2, 0.25) is 0 Å². The van der Waals surface area contributed by atoms with Gasteiger partial charge in [-0.15, -0.1) is 6.58 Å². The number of aromatic amines is 1. The van der Waals surface area contributed by atoms with Crippen molar-refractivity contribution in [2.45, 2.75) is 25.0 Å². The van der Waals surface area contributed by atoms with Gasteiger partial charge in [0.25, 0.3) is 0 Å². The Morgan fingerprint density at radius 1 is 1.31 bits per heavy atom. The third kappa shape index (κ3) is 1.46. The van der Waals surface area contributed by atoms with Crippen molar-refractivity contribution in [1.82, 2.24) is 4.98 Å². The second-order valence-electron chi connectivity index (χ2n) is 4.27. The maximum atomic E-state index is 5.93. The van der Waals surface area contributed by atoms with E-state index in [1.54, 1.807) is 0 Å². The molecule has 0 bridgehead atoms. The van der Waals surface area contributed by atoms with Gasteiger partial charge in [-0.3, -0.25) is 0 Å². The Hall–Kier alpha value is -1.54. The SMILES string of the molecule is C=CC1CCC(c2c[nH]c3ccccc23)O1. The topological polar surface area (TPSA) is 25.0 Å². The number of aromatic nitrogens is 1. The second kappa shape index (κ2) is 3.80. The van der Waals surface area contributed by atoms with Crippen LogP contribution in [-0.2, 0) is 4.74 Å². The summed E-state index contributed by atoms with van der Waals surface area (Å²) in [6.45, 7) is 3.79. The lowest BCUT2D eigenvalue weighted by Crippen LogP contribution is -2.01. The molecular weight excluding hydrogens is 198 g/mol. The van der Waals surface area contributed by atoms with Crippen molar-refractivity contribution in [2.24, 2.45) is 0 Å². The van der Waals surface area contributed by atoms with E-state index in [4.69, 9.17) is 4.74 Å². The lowest BCUT2D eigenvalue weighted by Gasteiger charge is -2.10. The first-order chi connectivity index (χ1) is 7.88. The molecule has 2 heteroatoms. The van der Waals surface area contributed by atoms with Crippen LogP contribution in [0.4, 0.5) is 0 Å². The van der Waals surface area contributed by atoms with Crippen molar-refractivity contribution in [3.05, 3.63) is 48.7 Å². The van der Waals surface area contributed by atoms with Crippen LogP contribution < -0.4 is 0 Å². The number of hydrogen-bond donors (Lipinski definition) is 1. The van der Waals surface area contributed by atoms with Crippen LogP contribution >= 0.6 is 0 Å². The number of nitrogens with one attached hydrogen (secondary N) is 1. The van der Waals surface area contributed by atoms with Crippen LogP contribution in [0, 0.1) is 0 Å². The van der Waals surface area contributed by atoms with Crippen molar-refractivity contribution < 1.29 is 4.74 Å². The molecule has 2 nitrogen and oxygen atoms in total. The highest BCUT2D eigenvalue weighted by molar-refractivity contribution is 5.83. The molecule has 0 radical (unpaired) electrons. The molecular formula is C14H15NO. The van der Waals surface area contributed by atoms with Crippen molar-refractivity contribution >= 4 is 10.9 Å². The Morgan fingerprint density at radius 3 is 3.00 bits per heavy atom. The first kappa shape index (κ1) is 9.67. The molecule has 2 heterocycles. The van der Waals surface area contributed by atoms with E-state index in [0.717, 1.165) is 12.8 Å². The Morgan fingerprint density at radius 2 is 2.19 bits per heavy atom. The summed E-state index contributed by atoms with van der Waals surface area (Å²) in [6, 6.07) is 8.36. The van der Waals surface area contributed by atoms with Gasteiger partial charge in [-0.05, 0) is 18.9 Å². The van der Waals surface area contributed by atoms with E-state index in [0.29, 0.717) is 0 Å². The van der Waals surface area contributed by atoms with Gasteiger partial charge in [-0.1, -0.05) is 24.3 Å². The third-order valence-corrected chi connectivity index (χ3v) is 3.28. The van der Waals surface area contributed by atoms with E-state index in [2.05, 4.69) is 36.0 Å². The summed E-state index contributed by atoms with van der Waals surface area (Å²) in [4.78, 5) is 3.29. The molecule has 16 heavy (non-hydrogen) atoms. The highest BCUT2D eigenvalue weighted by Gasteiger charge is 2.26. The van der Waals surface area contributed by atoms with Crippen LogP contribution in [0.15, 0.2) is 43.1 Å². The predicted molar refractivity (Wildman–Crippen MR) is 65.3 cm³/mol. The fourth-order valence-corrected chi connectivity index (χ4v) is 2.43. The van der Waals surface area contributed by atoms with Gasteiger partial charge in [0, 0.05) is 22.7 Å². The third-order valence-electron chi connectivity index (χ3n) is 3.28. The number of fused-ring (bicyclic) bond motifs is 1. The standard InChI is InChI=1S/C14H15NO/c1-2-10-7-8-14(16-10)12-9-15-13-6-4-3-5-11(12)13/h2-6,9-10,14-15H,1,7-8H2. The van der Waals surface area contributed by atoms with Gasteiger partial charge in [0.15, 0.2) is 0 Å². The van der Waals surface area contributed by atoms with Crippen LogP contribution in [0.1, 0.15) is 24.5 Å². The summed E-state index contributed by atoms with van der Waals surface area (Å²) in [6.07, 6.45) is 6.57. The van der Waals surface area contributed by atoms with Gasteiger partial charge < -0.3 is 9.72 Å². The van der Waals surface area contributed by atoms with Crippen LogP contribution in [0.3, 0.4) is 0 Å². The van der Waals surface area contributed by atoms with E-state index in [1.165, 1.54) is 16.5 Å². The van der Waals surface area contributed by atoms with E-state index in [1.807, 2.05) is 12.1 Å². The molecule has 0 amide bonds. The van der Waals surface area contributed by atoms with Crippen molar-refractivity contribution in [3.8, 4) is 0 Å². The zero-order valence-electron chi connectivity index (χ0n) is 9.15. The summed E-state index contributed by atoms with van der Waals surface area (Å²) in [5, 5.41) is 1.28. The summed E-state index contributed by atoms with van der Waals surface area (Å²) >= 11 is 0. The van der Waals surface area contributed by atoms with Gasteiger partial charge in [-0.25, -0.2) is 0 Å². The van der Waals surface area contributed by atoms with E-state index < -0.39 is 0 Å². The first-order valence-electron chi connectivity index (χ1n) is 5.72. The Bertz CT molecular complexity index is 514. The highest BCUT2D eigenvalue weighted by atomic mass is 16.5. The zero-order chi connectivity index (χ0) is 11.0. The lowest BCUT2D eigenvalue weighted by atomic mass is 10.1. The number of H-pyrrole nitrogens is 1. The molecule has 0 aliphatic carbocycles. The molecule has 82 valence electrons. The highest BCUT2D eigenvalue weighted by Crippen LogP contribution is 2.36. The smallest absolute Gasteiger partial charge is 0.0854 e. The molecule has 1 aromatic carbocycles. The quantitative estimate of drug-likeness (QED) is 0.758. The fourth-order valence-electron chi connectivity index (χ4n) is 2.43. The summed E-state index contributed by atoms with van der Waals surface area (Å²) in [5.74, 6) is 0. The van der Waals surface area contributed by atoms with Crippen LogP contribution in [-0.4, -0.2) is 11.1 Å². The summed E-state index contributed by atoms with van der Waals surface area (Å²) < 4.78 is 5.93. The molecule has 0 saturated carbocycles. The molecule has 2 atom stereocenters. The predicted octanol–water partition coefficient (Wildman–Crippen LogP) is 3.57. The fraction of sp³-hybridized carbons (Fsp3) is 0.286.